The zero-order chi connectivity index (χ0) is 19.1. The van der Waals surface area contributed by atoms with Gasteiger partial charge in [-0.15, -0.1) is 0 Å². The largest absolute Gasteiger partial charge is 0.337 e. The summed E-state index contributed by atoms with van der Waals surface area (Å²) in [5.41, 5.74) is 8.24. The van der Waals surface area contributed by atoms with E-state index in [1.165, 1.54) is 5.56 Å². The van der Waals surface area contributed by atoms with Gasteiger partial charge >= 0.3 is 0 Å². The summed E-state index contributed by atoms with van der Waals surface area (Å²) in [7, 11) is 0. The van der Waals surface area contributed by atoms with Crippen molar-refractivity contribution < 1.29 is 0 Å². The van der Waals surface area contributed by atoms with Crippen molar-refractivity contribution in [2.45, 2.75) is 34.6 Å². The molecule has 2 heterocycles. The zero-order valence-corrected chi connectivity index (χ0v) is 16.3. The predicted molar refractivity (Wildman–Crippen MR) is 110 cm³/mol. The van der Waals surface area contributed by atoms with Crippen LogP contribution in [-0.4, -0.2) is 19.7 Å². The van der Waals surface area contributed by atoms with E-state index in [1.54, 1.807) is 0 Å². The van der Waals surface area contributed by atoms with Gasteiger partial charge in [-0.2, -0.15) is 5.10 Å². The molecule has 4 aromatic rings. The number of aryl methyl sites for hydroxylation is 5. The Hall–Kier alpha value is -3.21. The van der Waals surface area contributed by atoms with Crippen LogP contribution in [0.5, 0.6) is 0 Å². The number of fused-ring (bicyclic) bond motifs is 1. The van der Waals surface area contributed by atoms with E-state index in [2.05, 4.69) is 61.5 Å². The topological polar surface area (TPSA) is 55.6 Å². The van der Waals surface area contributed by atoms with Crippen molar-refractivity contribution in [2.24, 2.45) is 0 Å². The smallest absolute Gasteiger partial charge is 0.197 e. The number of anilines is 2. The van der Waals surface area contributed by atoms with Crippen molar-refractivity contribution in [3.63, 3.8) is 0 Å². The summed E-state index contributed by atoms with van der Waals surface area (Å²) in [5.74, 6) is 1.41. The Morgan fingerprint density at radius 2 is 1.52 bits per heavy atom. The first-order valence-corrected chi connectivity index (χ1v) is 9.07. The van der Waals surface area contributed by atoms with E-state index in [9.17, 15) is 0 Å². The van der Waals surface area contributed by atoms with E-state index < -0.39 is 0 Å². The highest BCUT2D eigenvalue weighted by Crippen LogP contribution is 2.27. The average molecular weight is 357 g/mol. The fraction of sp³-hybridized carbons (Fsp3) is 0.227. The highest BCUT2D eigenvalue weighted by atomic mass is 15.3. The molecule has 0 amide bonds. The quantitative estimate of drug-likeness (QED) is 0.554. The second-order valence-corrected chi connectivity index (χ2v) is 7.17. The molecule has 0 unspecified atom stereocenters. The minimum Gasteiger partial charge on any atom is -0.337 e. The van der Waals surface area contributed by atoms with Crippen molar-refractivity contribution in [1.82, 2.24) is 19.7 Å². The summed E-state index contributed by atoms with van der Waals surface area (Å²) in [6, 6.07) is 14.5. The molecule has 4 rings (SSSR count). The van der Waals surface area contributed by atoms with Gasteiger partial charge in [0.2, 0.25) is 0 Å². The Morgan fingerprint density at radius 1 is 0.778 bits per heavy atom. The number of nitrogens with zero attached hydrogens (tertiary/aromatic N) is 4. The van der Waals surface area contributed by atoms with Crippen molar-refractivity contribution in [3.05, 3.63) is 70.5 Å². The Balaban J connectivity index is 1.94. The SMILES string of the molecule is Cc1ccc(C)c(Nc2nc3ccc(C)cc3nc2-n2nc(C)cc2C)c1. The molecule has 27 heavy (non-hydrogen) atoms. The molecule has 1 N–H and O–H groups in total. The molecule has 0 saturated carbocycles. The molecule has 0 atom stereocenters. The van der Waals surface area contributed by atoms with Crippen LogP contribution in [0, 0.1) is 34.6 Å². The lowest BCUT2D eigenvalue weighted by molar-refractivity contribution is 0.808. The summed E-state index contributed by atoms with van der Waals surface area (Å²) in [5, 5.41) is 8.12. The number of nitrogens with one attached hydrogen (secondary N) is 1. The van der Waals surface area contributed by atoms with Crippen molar-refractivity contribution in [3.8, 4) is 5.82 Å². The molecule has 0 aliphatic carbocycles. The van der Waals surface area contributed by atoms with E-state index in [1.807, 2.05) is 30.7 Å². The summed E-state index contributed by atoms with van der Waals surface area (Å²) in [6.07, 6.45) is 0. The molecule has 0 spiro atoms. The summed E-state index contributed by atoms with van der Waals surface area (Å²) in [6.45, 7) is 10.3. The number of hydrogen-bond donors (Lipinski definition) is 1. The predicted octanol–water partition coefficient (Wildman–Crippen LogP) is 5.10. The van der Waals surface area contributed by atoms with Crippen LogP contribution < -0.4 is 5.32 Å². The number of aromatic nitrogens is 4. The van der Waals surface area contributed by atoms with E-state index in [4.69, 9.17) is 9.97 Å². The molecular formula is C22H23N5. The van der Waals surface area contributed by atoms with Crippen LogP contribution in [0.15, 0.2) is 42.5 Å². The zero-order valence-electron chi connectivity index (χ0n) is 16.3. The summed E-state index contributed by atoms with van der Waals surface area (Å²) in [4.78, 5) is 9.78. The first-order valence-electron chi connectivity index (χ1n) is 9.07. The lowest BCUT2D eigenvalue weighted by atomic mass is 10.1. The van der Waals surface area contributed by atoms with Gasteiger partial charge in [-0.3, -0.25) is 0 Å². The highest BCUT2D eigenvalue weighted by Gasteiger charge is 2.15. The normalized spacial score (nSPS) is 11.1. The average Bonchev–Trinajstić information content (AvgIpc) is 2.96. The van der Waals surface area contributed by atoms with Crippen LogP contribution in [0.1, 0.15) is 28.1 Å². The molecule has 5 nitrogen and oxygen atoms in total. The molecule has 2 aromatic carbocycles. The lowest BCUT2D eigenvalue weighted by Crippen LogP contribution is -2.09. The standard InChI is InChI=1S/C22H23N5/c1-13-6-8-15(3)19(10-13)24-21-22(27-17(5)12-16(4)26-27)25-20-11-14(2)7-9-18(20)23-21/h6-12H,1-5H3,(H,23,24). The van der Waals surface area contributed by atoms with Gasteiger partial charge in [0.05, 0.1) is 16.7 Å². The molecule has 0 aliphatic rings. The van der Waals surface area contributed by atoms with Crippen LogP contribution in [0.4, 0.5) is 11.5 Å². The van der Waals surface area contributed by atoms with Gasteiger partial charge in [0.1, 0.15) is 0 Å². The summed E-state index contributed by atoms with van der Waals surface area (Å²) < 4.78 is 1.86. The monoisotopic (exact) mass is 357 g/mol. The first kappa shape index (κ1) is 17.2. The second kappa shape index (κ2) is 6.50. The summed E-state index contributed by atoms with van der Waals surface area (Å²) >= 11 is 0. The fourth-order valence-corrected chi connectivity index (χ4v) is 3.23. The van der Waals surface area contributed by atoms with Crippen LogP contribution in [0.25, 0.3) is 16.9 Å². The maximum Gasteiger partial charge on any atom is 0.197 e. The Morgan fingerprint density at radius 3 is 2.26 bits per heavy atom. The first-order chi connectivity index (χ1) is 12.9. The molecule has 0 radical (unpaired) electrons. The van der Waals surface area contributed by atoms with E-state index in [0.717, 1.165) is 39.2 Å². The van der Waals surface area contributed by atoms with E-state index in [0.29, 0.717) is 11.6 Å². The molecule has 136 valence electrons. The maximum absolute atomic E-state index is 4.90. The van der Waals surface area contributed by atoms with Gasteiger partial charge in [-0.1, -0.05) is 18.2 Å². The Bertz CT molecular complexity index is 1160. The Labute approximate surface area is 159 Å². The van der Waals surface area contributed by atoms with Gasteiger partial charge < -0.3 is 5.32 Å². The van der Waals surface area contributed by atoms with Crippen LogP contribution in [-0.2, 0) is 0 Å². The minimum absolute atomic E-state index is 0.700. The van der Waals surface area contributed by atoms with Crippen molar-refractivity contribution in [2.75, 3.05) is 5.32 Å². The lowest BCUT2D eigenvalue weighted by Gasteiger charge is -2.15. The number of rotatable bonds is 3. The number of hydrogen-bond acceptors (Lipinski definition) is 4. The van der Waals surface area contributed by atoms with Crippen LogP contribution in [0.3, 0.4) is 0 Å². The van der Waals surface area contributed by atoms with Gasteiger partial charge in [0, 0.05) is 11.4 Å². The van der Waals surface area contributed by atoms with Gasteiger partial charge in [0.15, 0.2) is 11.6 Å². The van der Waals surface area contributed by atoms with Gasteiger partial charge in [-0.25, -0.2) is 14.6 Å². The second-order valence-electron chi connectivity index (χ2n) is 7.17. The molecule has 0 aliphatic heterocycles. The molecule has 0 saturated heterocycles. The van der Waals surface area contributed by atoms with E-state index in [-0.39, 0.29) is 0 Å². The maximum atomic E-state index is 4.90. The highest BCUT2D eigenvalue weighted by molar-refractivity contribution is 5.80. The van der Waals surface area contributed by atoms with Gasteiger partial charge in [-0.05, 0) is 75.6 Å². The number of benzene rings is 2. The Kier molecular flexibility index (Phi) is 4.15. The molecular weight excluding hydrogens is 334 g/mol. The minimum atomic E-state index is 0.700. The third-order valence-corrected chi connectivity index (χ3v) is 4.66. The third kappa shape index (κ3) is 3.28. The molecule has 0 fully saturated rings. The van der Waals surface area contributed by atoms with Crippen LogP contribution in [0.2, 0.25) is 0 Å². The van der Waals surface area contributed by atoms with E-state index >= 15 is 0 Å². The fourth-order valence-electron chi connectivity index (χ4n) is 3.23. The molecule has 2 aromatic heterocycles. The third-order valence-electron chi connectivity index (χ3n) is 4.66. The van der Waals surface area contributed by atoms with Crippen LogP contribution >= 0.6 is 0 Å². The van der Waals surface area contributed by atoms with Crippen molar-refractivity contribution in [1.29, 1.82) is 0 Å². The van der Waals surface area contributed by atoms with Gasteiger partial charge in [0.25, 0.3) is 0 Å². The van der Waals surface area contributed by atoms with Crippen molar-refractivity contribution >= 4 is 22.5 Å². The molecule has 5 heteroatoms. The molecule has 0 bridgehead atoms.